The summed E-state index contributed by atoms with van der Waals surface area (Å²) < 4.78 is 14.4. The summed E-state index contributed by atoms with van der Waals surface area (Å²) >= 11 is 0. The SMILES string of the molecule is CC(OC(O)(CO)C(O)(OC(C)C(=O)C[N+](=O)[O-])OC(C)C(=O)C[N+](=O)[O-])C(=O)C[N+](=O)[O-]. The van der Waals surface area contributed by atoms with Gasteiger partial charge < -0.3 is 29.5 Å². The lowest BCUT2D eigenvalue weighted by Crippen LogP contribution is -2.66. The van der Waals surface area contributed by atoms with Gasteiger partial charge >= 0.3 is 5.97 Å². The average Bonchev–Trinajstić information content (AvgIpc) is 2.65. The third kappa shape index (κ3) is 9.16. The second-order valence-corrected chi connectivity index (χ2v) is 6.68. The van der Waals surface area contributed by atoms with Crippen LogP contribution in [0, 0.1) is 30.3 Å². The Bertz CT molecular complexity index is 751. The zero-order chi connectivity index (χ0) is 26.1. The zero-order valence-corrected chi connectivity index (χ0v) is 17.6. The fourth-order valence-electron chi connectivity index (χ4n) is 2.16. The third-order valence-electron chi connectivity index (χ3n) is 3.97. The quantitative estimate of drug-likeness (QED) is 0.106. The van der Waals surface area contributed by atoms with E-state index in [0.717, 1.165) is 20.8 Å². The molecule has 0 rings (SSSR count). The Kier molecular flexibility index (Phi) is 11.1. The molecule has 3 N–H and O–H groups in total. The molecule has 0 bridgehead atoms. The second kappa shape index (κ2) is 12.3. The van der Waals surface area contributed by atoms with Gasteiger partial charge in [-0.2, -0.15) is 0 Å². The van der Waals surface area contributed by atoms with E-state index < -0.39 is 88.4 Å². The lowest BCUT2D eigenvalue weighted by Gasteiger charge is -2.42. The first-order chi connectivity index (χ1) is 15.0. The Hall–Kier alpha value is -3.03. The van der Waals surface area contributed by atoms with Crippen molar-refractivity contribution in [1.82, 2.24) is 0 Å². The molecule has 0 saturated heterocycles. The number of carbonyl (C=O) groups is 3. The van der Waals surface area contributed by atoms with E-state index in [-0.39, 0.29) is 0 Å². The van der Waals surface area contributed by atoms with Crippen molar-refractivity contribution < 1.29 is 58.7 Å². The van der Waals surface area contributed by atoms with Crippen molar-refractivity contribution in [3.8, 4) is 0 Å². The molecular formula is C15H23N3O15. The van der Waals surface area contributed by atoms with Gasteiger partial charge in [0, 0.05) is 14.8 Å². The molecule has 0 aliphatic heterocycles. The molecule has 0 aliphatic carbocycles. The molecule has 33 heavy (non-hydrogen) atoms. The molecule has 0 aromatic rings. The fraction of sp³-hybridized carbons (Fsp3) is 0.800. The number of ketones is 3. The summed E-state index contributed by atoms with van der Waals surface area (Å²) in [5.74, 6) is -11.1. The maximum absolute atomic E-state index is 11.9. The lowest BCUT2D eigenvalue weighted by molar-refractivity contribution is -0.501. The van der Waals surface area contributed by atoms with Crippen molar-refractivity contribution in [3.63, 3.8) is 0 Å². The molecule has 0 amide bonds. The van der Waals surface area contributed by atoms with Gasteiger partial charge in [0.1, 0.15) is 24.9 Å². The number of aliphatic hydroxyl groups excluding tert-OH is 1. The second-order valence-electron chi connectivity index (χ2n) is 6.68. The number of rotatable bonds is 17. The van der Waals surface area contributed by atoms with Gasteiger partial charge in [-0.3, -0.25) is 44.7 Å². The molecule has 4 atom stereocenters. The summed E-state index contributed by atoms with van der Waals surface area (Å²) in [7, 11) is 0. The first-order valence-corrected chi connectivity index (χ1v) is 9.00. The number of hydrogen-bond donors (Lipinski definition) is 3. The molecule has 18 heteroatoms. The largest absolute Gasteiger partial charge is 0.390 e. The Morgan fingerprint density at radius 1 is 0.727 bits per heavy atom. The minimum Gasteiger partial charge on any atom is -0.390 e. The van der Waals surface area contributed by atoms with Crippen LogP contribution in [0.25, 0.3) is 0 Å². The van der Waals surface area contributed by atoms with E-state index in [0.29, 0.717) is 0 Å². The first-order valence-electron chi connectivity index (χ1n) is 9.00. The highest BCUT2D eigenvalue weighted by Gasteiger charge is 2.58. The minimum atomic E-state index is -3.73. The molecule has 4 unspecified atom stereocenters. The number of nitrogens with zero attached hydrogens (tertiary/aromatic N) is 3. The van der Waals surface area contributed by atoms with Crippen LogP contribution < -0.4 is 0 Å². The summed E-state index contributed by atoms with van der Waals surface area (Å²) in [6, 6.07) is 0. The predicted octanol–water partition coefficient (Wildman–Crippen LogP) is -2.93. The number of Topliss-reactive ketones (excluding diaryl/α,β-unsaturated/α-hetero) is 3. The van der Waals surface area contributed by atoms with Gasteiger partial charge in [0.15, 0.2) is 0 Å². The van der Waals surface area contributed by atoms with Crippen LogP contribution in [-0.4, -0.2) is 104 Å². The van der Waals surface area contributed by atoms with Crippen molar-refractivity contribution in [1.29, 1.82) is 0 Å². The minimum absolute atomic E-state index is 0.850. The highest BCUT2D eigenvalue weighted by molar-refractivity contribution is 5.84. The standard InChI is InChI=1S/C15H23N3O15/c1-8(11(20)4-16(25)26)31-14(23,7-19)15(24,32-9(2)12(21)5-17(27)28)33-10(3)13(22)6-18(29)30/h8-10,19,23-24H,4-7H2,1-3H3. The highest BCUT2D eigenvalue weighted by Crippen LogP contribution is 2.31. The number of nitro groups is 3. The van der Waals surface area contributed by atoms with Crippen LogP contribution in [0.2, 0.25) is 0 Å². The number of aliphatic hydroxyl groups is 3. The Morgan fingerprint density at radius 2 is 1.00 bits per heavy atom. The van der Waals surface area contributed by atoms with Gasteiger partial charge in [-0.15, -0.1) is 0 Å². The predicted molar refractivity (Wildman–Crippen MR) is 99.2 cm³/mol. The van der Waals surface area contributed by atoms with Gasteiger partial charge in [-0.1, -0.05) is 0 Å². The van der Waals surface area contributed by atoms with Crippen LogP contribution in [0.15, 0.2) is 0 Å². The van der Waals surface area contributed by atoms with Crippen LogP contribution in [0.4, 0.5) is 0 Å². The van der Waals surface area contributed by atoms with Gasteiger partial charge in [0.2, 0.25) is 17.3 Å². The highest BCUT2D eigenvalue weighted by atomic mass is 16.9. The van der Waals surface area contributed by atoms with E-state index in [1.807, 2.05) is 0 Å². The van der Waals surface area contributed by atoms with Gasteiger partial charge in [0.25, 0.3) is 25.4 Å². The smallest absolute Gasteiger partial charge is 0.341 e. The van der Waals surface area contributed by atoms with Crippen molar-refractivity contribution in [2.45, 2.75) is 50.8 Å². The average molecular weight is 485 g/mol. The number of carbonyl (C=O) groups excluding carboxylic acids is 3. The molecular weight excluding hydrogens is 462 g/mol. The zero-order valence-electron chi connectivity index (χ0n) is 17.6. The molecule has 0 fully saturated rings. The Balaban J connectivity index is 6.09. The monoisotopic (exact) mass is 485 g/mol. The molecule has 0 aromatic heterocycles. The van der Waals surface area contributed by atoms with E-state index in [4.69, 9.17) is 14.2 Å². The molecule has 0 aliphatic rings. The van der Waals surface area contributed by atoms with Gasteiger partial charge in [-0.05, 0) is 20.8 Å². The maximum Gasteiger partial charge on any atom is 0.341 e. The summed E-state index contributed by atoms with van der Waals surface area (Å²) in [5, 5.41) is 62.6. The normalized spacial score (nSPS) is 17.6. The van der Waals surface area contributed by atoms with E-state index >= 15 is 0 Å². The van der Waals surface area contributed by atoms with Crippen molar-refractivity contribution in [3.05, 3.63) is 30.3 Å². The van der Waals surface area contributed by atoms with E-state index in [1.165, 1.54) is 0 Å². The van der Waals surface area contributed by atoms with Crippen molar-refractivity contribution in [2.24, 2.45) is 0 Å². The van der Waals surface area contributed by atoms with Gasteiger partial charge in [-0.25, -0.2) is 0 Å². The molecule has 0 heterocycles. The molecule has 0 aromatic carbocycles. The summed E-state index contributed by atoms with van der Waals surface area (Å²) in [6.45, 7) is -3.03. The first kappa shape index (κ1) is 30.0. The summed E-state index contributed by atoms with van der Waals surface area (Å²) in [4.78, 5) is 63.9. The lowest BCUT2D eigenvalue weighted by atomic mass is 10.1. The summed E-state index contributed by atoms with van der Waals surface area (Å²) in [5.41, 5.74) is 0. The van der Waals surface area contributed by atoms with Gasteiger partial charge in [0.05, 0.1) is 0 Å². The number of ether oxygens (including phenoxy) is 3. The van der Waals surface area contributed by atoms with E-state index in [9.17, 15) is 60.0 Å². The maximum atomic E-state index is 11.9. The van der Waals surface area contributed by atoms with Crippen molar-refractivity contribution >= 4 is 17.3 Å². The molecule has 18 nitrogen and oxygen atoms in total. The molecule has 0 saturated carbocycles. The molecule has 188 valence electrons. The fourth-order valence-corrected chi connectivity index (χ4v) is 2.16. The van der Waals surface area contributed by atoms with Crippen LogP contribution in [0.3, 0.4) is 0 Å². The molecule has 0 spiro atoms. The Morgan fingerprint density at radius 3 is 1.24 bits per heavy atom. The van der Waals surface area contributed by atoms with E-state index in [2.05, 4.69) is 0 Å². The van der Waals surface area contributed by atoms with Crippen LogP contribution in [0.1, 0.15) is 20.8 Å². The third-order valence-corrected chi connectivity index (χ3v) is 3.97. The van der Waals surface area contributed by atoms with Crippen LogP contribution in [0.5, 0.6) is 0 Å². The molecule has 0 radical (unpaired) electrons. The van der Waals surface area contributed by atoms with Crippen LogP contribution in [-0.2, 0) is 28.6 Å². The van der Waals surface area contributed by atoms with E-state index in [1.54, 1.807) is 0 Å². The summed E-state index contributed by atoms with van der Waals surface area (Å²) in [6.07, 6.45) is -5.81. The number of hydrogen-bond acceptors (Lipinski definition) is 15. The van der Waals surface area contributed by atoms with Crippen LogP contribution >= 0.6 is 0 Å². The topological polar surface area (TPSA) is 269 Å². The van der Waals surface area contributed by atoms with Crippen molar-refractivity contribution in [2.75, 3.05) is 26.2 Å². The Labute approximate surface area is 184 Å².